The van der Waals surface area contributed by atoms with Gasteiger partial charge in [0, 0.05) is 0 Å². The number of aliphatic carboxylic acids is 1. The third kappa shape index (κ3) is 3.80. The highest BCUT2D eigenvalue weighted by molar-refractivity contribution is 5.79. The molecule has 0 aliphatic carbocycles. The van der Waals surface area contributed by atoms with Gasteiger partial charge in [-0.25, -0.2) is 0 Å². The summed E-state index contributed by atoms with van der Waals surface area (Å²) < 4.78 is 39.5. The standard InChI is InChI=1S/C12H11F3O3/c1-7(2)10(11(16)17)8-3-5-9(6-4-8)18-12(13,14)15/h3-6,10H,1H2,2H3,(H,16,17). The Labute approximate surface area is 101 Å². The van der Waals surface area contributed by atoms with E-state index in [1.807, 2.05) is 0 Å². The number of alkyl halides is 3. The first kappa shape index (κ1) is 14.1. The average Bonchev–Trinajstić information content (AvgIpc) is 2.17. The Kier molecular flexibility index (Phi) is 4.00. The van der Waals surface area contributed by atoms with Gasteiger partial charge < -0.3 is 9.84 Å². The molecule has 1 aromatic rings. The lowest BCUT2D eigenvalue weighted by Gasteiger charge is -2.14. The van der Waals surface area contributed by atoms with E-state index in [1.165, 1.54) is 12.1 Å². The van der Waals surface area contributed by atoms with Crippen molar-refractivity contribution in [2.45, 2.75) is 19.2 Å². The number of rotatable bonds is 4. The fourth-order valence-corrected chi connectivity index (χ4v) is 1.50. The van der Waals surface area contributed by atoms with E-state index in [9.17, 15) is 18.0 Å². The Bertz CT molecular complexity index is 435. The molecule has 1 atom stereocenters. The van der Waals surface area contributed by atoms with Gasteiger partial charge in [0.15, 0.2) is 0 Å². The van der Waals surface area contributed by atoms with Crippen LogP contribution in [0.1, 0.15) is 18.4 Å². The van der Waals surface area contributed by atoms with Gasteiger partial charge >= 0.3 is 12.3 Å². The molecule has 6 heteroatoms. The number of carboxylic acid groups (broad SMARTS) is 1. The Morgan fingerprint density at radius 3 is 2.17 bits per heavy atom. The first-order chi connectivity index (χ1) is 8.20. The SMILES string of the molecule is C=C(C)C(C(=O)O)c1ccc(OC(F)(F)F)cc1. The van der Waals surface area contributed by atoms with Crippen LogP contribution in [0.15, 0.2) is 36.4 Å². The molecule has 0 aliphatic rings. The van der Waals surface area contributed by atoms with Crippen LogP contribution in [0.5, 0.6) is 5.75 Å². The van der Waals surface area contributed by atoms with Crippen LogP contribution in [0.2, 0.25) is 0 Å². The number of ether oxygens (including phenoxy) is 1. The fraction of sp³-hybridized carbons (Fsp3) is 0.250. The normalized spacial score (nSPS) is 12.9. The van der Waals surface area contributed by atoms with Crippen LogP contribution in [-0.2, 0) is 4.79 Å². The topological polar surface area (TPSA) is 46.5 Å². The lowest BCUT2D eigenvalue weighted by Crippen LogP contribution is -2.17. The molecule has 0 heterocycles. The maximum Gasteiger partial charge on any atom is 0.573 e. The van der Waals surface area contributed by atoms with E-state index in [1.54, 1.807) is 6.92 Å². The molecular weight excluding hydrogens is 249 g/mol. The quantitative estimate of drug-likeness (QED) is 0.844. The van der Waals surface area contributed by atoms with Crippen LogP contribution >= 0.6 is 0 Å². The van der Waals surface area contributed by atoms with Crippen molar-refractivity contribution in [3.8, 4) is 5.75 Å². The second-order valence-corrected chi connectivity index (χ2v) is 3.73. The Balaban J connectivity index is 2.94. The molecule has 0 saturated heterocycles. The van der Waals surface area contributed by atoms with E-state index in [2.05, 4.69) is 11.3 Å². The van der Waals surface area contributed by atoms with Crippen LogP contribution in [0.25, 0.3) is 0 Å². The molecule has 0 aliphatic heterocycles. The van der Waals surface area contributed by atoms with E-state index in [4.69, 9.17) is 5.11 Å². The molecule has 1 unspecified atom stereocenters. The highest BCUT2D eigenvalue weighted by Crippen LogP contribution is 2.27. The lowest BCUT2D eigenvalue weighted by molar-refractivity contribution is -0.274. The number of halogens is 3. The number of hydrogen-bond donors (Lipinski definition) is 1. The molecule has 0 spiro atoms. The summed E-state index contributed by atoms with van der Waals surface area (Å²) >= 11 is 0. The monoisotopic (exact) mass is 260 g/mol. The zero-order valence-electron chi connectivity index (χ0n) is 9.49. The summed E-state index contributed by atoms with van der Waals surface area (Å²) in [6, 6.07) is 4.69. The van der Waals surface area contributed by atoms with Crippen molar-refractivity contribution in [3.63, 3.8) is 0 Å². The van der Waals surface area contributed by atoms with Crippen LogP contribution in [0, 0.1) is 0 Å². The molecule has 1 N–H and O–H groups in total. The van der Waals surface area contributed by atoms with Crippen molar-refractivity contribution in [3.05, 3.63) is 42.0 Å². The second-order valence-electron chi connectivity index (χ2n) is 3.73. The maximum absolute atomic E-state index is 11.9. The van der Waals surface area contributed by atoms with Crippen LogP contribution in [0.3, 0.4) is 0 Å². The smallest absolute Gasteiger partial charge is 0.481 e. The summed E-state index contributed by atoms with van der Waals surface area (Å²) in [4.78, 5) is 11.0. The van der Waals surface area contributed by atoms with Crippen molar-refractivity contribution in [1.29, 1.82) is 0 Å². The van der Waals surface area contributed by atoms with Crippen LogP contribution < -0.4 is 4.74 Å². The predicted molar refractivity (Wildman–Crippen MR) is 58.3 cm³/mol. The average molecular weight is 260 g/mol. The zero-order valence-corrected chi connectivity index (χ0v) is 9.49. The van der Waals surface area contributed by atoms with Gasteiger partial charge in [0.25, 0.3) is 0 Å². The summed E-state index contributed by atoms with van der Waals surface area (Å²) in [5.74, 6) is -2.44. The minimum atomic E-state index is -4.76. The molecule has 18 heavy (non-hydrogen) atoms. The van der Waals surface area contributed by atoms with Gasteiger partial charge in [-0.15, -0.1) is 13.2 Å². The Hall–Kier alpha value is -1.98. The molecule has 0 fully saturated rings. The number of hydrogen-bond acceptors (Lipinski definition) is 2. The van der Waals surface area contributed by atoms with Crippen molar-refractivity contribution in [2.24, 2.45) is 0 Å². The van der Waals surface area contributed by atoms with Crippen molar-refractivity contribution in [1.82, 2.24) is 0 Å². The highest BCUT2D eigenvalue weighted by atomic mass is 19.4. The lowest BCUT2D eigenvalue weighted by atomic mass is 9.93. The minimum absolute atomic E-state index is 0.351. The zero-order chi connectivity index (χ0) is 13.9. The van der Waals surface area contributed by atoms with E-state index in [0.717, 1.165) is 12.1 Å². The van der Waals surface area contributed by atoms with Gasteiger partial charge in [0.1, 0.15) is 11.7 Å². The maximum atomic E-state index is 11.9. The first-order valence-electron chi connectivity index (χ1n) is 4.94. The molecule has 0 radical (unpaired) electrons. The summed E-state index contributed by atoms with van der Waals surface area (Å²) in [5, 5.41) is 8.98. The van der Waals surface area contributed by atoms with Gasteiger partial charge in [-0.2, -0.15) is 0 Å². The minimum Gasteiger partial charge on any atom is -0.481 e. The predicted octanol–water partition coefficient (Wildman–Crippen LogP) is 3.33. The summed E-state index contributed by atoms with van der Waals surface area (Å²) in [6.45, 7) is 5.08. The second kappa shape index (κ2) is 5.12. The third-order valence-corrected chi connectivity index (χ3v) is 2.19. The molecule has 1 rings (SSSR count). The van der Waals surface area contributed by atoms with Gasteiger partial charge in [-0.05, 0) is 24.6 Å². The number of benzene rings is 1. The summed E-state index contributed by atoms with van der Waals surface area (Å²) in [7, 11) is 0. The van der Waals surface area contributed by atoms with Gasteiger partial charge in [-0.3, -0.25) is 4.79 Å². The molecule has 3 nitrogen and oxygen atoms in total. The largest absolute Gasteiger partial charge is 0.573 e. The van der Waals surface area contributed by atoms with Gasteiger partial charge in [0.05, 0.1) is 0 Å². The van der Waals surface area contributed by atoms with Gasteiger partial charge in [-0.1, -0.05) is 24.3 Å². The molecule has 0 saturated carbocycles. The molecule has 98 valence electrons. The number of carbonyl (C=O) groups is 1. The molecule has 0 aromatic heterocycles. The first-order valence-corrected chi connectivity index (χ1v) is 4.94. The molecule has 0 bridgehead atoms. The summed E-state index contributed by atoms with van der Waals surface area (Å²) in [6.07, 6.45) is -4.76. The van der Waals surface area contributed by atoms with E-state index >= 15 is 0 Å². The fourth-order valence-electron chi connectivity index (χ4n) is 1.50. The Morgan fingerprint density at radius 2 is 1.83 bits per heavy atom. The third-order valence-electron chi connectivity index (χ3n) is 2.19. The number of carboxylic acids is 1. The van der Waals surface area contributed by atoms with E-state index in [-0.39, 0.29) is 0 Å². The molecule has 0 amide bonds. The van der Waals surface area contributed by atoms with Crippen molar-refractivity contribution >= 4 is 5.97 Å². The summed E-state index contributed by atoms with van der Waals surface area (Å²) in [5.41, 5.74) is 0.747. The molecule has 1 aromatic carbocycles. The van der Waals surface area contributed by atoms with Crippen LogP contribution in [-0.4, -0.2) is 17.4 Å². The Morgan fingerprint density at radius 1 is 1.33 bits per heavy atom. The van der Waals surface area contributed by atoms with E-state index in [0.29, 0.717) is 11.1 Å². The molecular formula is C12H11F3O3. The van der Waals surface area contributed by atoms with Crippen molar-refractivity contribution in [2.75, 3.05) is 0 Å². The van der Waals surface area contributed by atoms with E-state index < -0.39 is 24.0 Å². The van der Waals surface area contributed by atoms with Gasteiger partial charge in [0.2, 0.25) is 0 Å². The highest BCUT2D eigenvalue weighted by Gasteiger charge is 2.31. The van der Waals surface area contributed by atoms with Crippen LogP contribution in [0.4, 0.5) is 13.2 Å². The van der Waals surface area contributed by atoms with Crippen molar-refractivity contribution < 1.29 is 27.8 Å².